The number of likely N-dealkylation sites (tertiary alicyclic amines) is 1. The molecule has 14 heteroatoms. The van der Waals surface area contributed by atoms with Crippen molar-refractivity contribution in [2.75, 3.05) is 13.1 Å². The van der Waals surface area contributed by atoms with E-state index in [0.29, 0.717) is 0 Å². The zero-order valence-electron chi connectivity index (χ0n) is 21.0. The number of cyclic esters (lactones) is 1. The van der Waals surface area contributed by atoms with Crippen molar-refractivity contribution >= 4 is 23.7 Å². The molecule has 14 nitrogen and oxygen atoms in total. The lowest BCUT2D eigenvalue weighted by molar-refractivity contribution is -0.389. The number of rotatable bonds is 10. The maximum atomic E-state index is 13.0. The zero-order valence-corrected chi connectivity index (χ0v) is 21.0. The number of nitrogens with zero attached hydrogens (tertiary/aromatic N) is 2. The monoisotopic (exact) mass is 544 g/mol. The van der Waals surface area contributed by atoms with Crippen molar-refractivity contribution in [3.05, 3.63) is 70.3 Å². The van der Waals surface area contributed by atoms with Crippen LogP contribution < -0.4 is 16.0 Å². The minimum absolute atomic E-state index is 0.0451. The molecule has 0 aliphatic carbocycles. The highest BCUT2D eigenvalue weighted by Gasteiger charge is 2.78. The summed E-state index contributed by atoms with van der Waals surface area (Å²) in [7, 11) is 0. The molecule has 0 radical (unpaired) electrons. The molecule has 2 amide bonds. The minimum Gasteiger partial charge on any atom is -0.446 e. The molecule has 208 valence electrons. The van der Waals surface area contributed by atoms with Crippen molar-refractivity contribution in [2.45, 2.75) is 44.0 Å². The number of para-hydroxylation sites is 2. The Kier molecular flexibility index (Phi) is 7.99. The first-order valence-electron chi connectivity index (χ1n) is 12.1. The molecule has 2 aliphatic heterocycles. The number of nitrogens with one attached hydrogen (secondary N) is 1. The second kappa shape index (κ2) is 11.2. The van der Waals surface area contributed by atoms with E-state index in [1.54, 1.807) is 12.1 Å². The number of nitrogens with two attached hydrogens (primary N) is 1. The van der Waals surface area contributed by atoms with E-state index in [9.17, 15) is 29.6 Å². The molecular weight excluding hydrogens is 516 g/mol. The van der Waals surface area contributed by atoms with Gasteiger partial charge in [-0.1, -0.05) is 42.5 Å². The van der Waals surface area contributed by atoms with Gasteiger partial charge in [0.1, 0.15) is 12.6 Å². The first kappa shape index (κ1) is 27.8. The Morgan fingerprint density at radius 2 is 1.85 bits per heavy atom. The standard InChI is InChI=1S/C25H28N4O10/c1-16(27-23(32)36-15-17-7-3-2-4-8-17)21(30)28-13-11-18(12-14-28)25(39-26,24(33)22(31)38-24)37-20-10-6-5-9-19(20)29(34)35/h2-10,16,18,33H,11-15,26H2,1H3,(H,27,32)/t16-,24+,25-/m0/s1. The Bertz CT molecular complexity index is 1240. The molecule has 39 heavy (non-hydrogen) atoms. The van der Waals surface area contributed by atoms with Crippen molar-refractivity contribution < 1.29 is 43.5 Å². The molecule has 4 N–H and O–H groups in total. The summed E-state index contributed by atoms with van der Waals surface area (Å²) in [6.45, 7) is 1.79. The molecular formula is C25H28N4O10. The maximum absolute atomic E-state index is 13.0. The molecule has 2 aromatic carbocycles. The van der Waals surface area contributed by atoms with Crippen molar-refractivity contribution in [3.8, 4) is 5.75 Å². The number of hydrogen-bond acceptors (Lipinski definition) is 11. The van der Waals surface area contributed by atoms with Crippen LogP contribution in [-0.2, 0) is 30.5 Å². The van der Waals surface area contributed by atoms with E-state index in [0.717, 1.165) is 5.56 Å². The van der Waals surface area contributed by atoms with Gasteiger partial charge in [0.2, 0.25) is 11.7 Å². The summed E-state index contributed by atoms with van der Waals surface area (Å²) in [6.07, 6.45) is -0.518. The largest absolute Gasteiger partial charge is 0.446 e. The number of hydrogen-bond donors (Lipinski definition) is 3. The van der Waals surface area contributed by atoms with Gasteiger partial charge >= 0.3 is 29.3 Å². The third-order valence-corrected chi connectivity index (χ3v) is 6.71. The molecule has 0 saturated carbocycles. The Hall–Kier alpha value is -4.27. The van der Waals surface area contributed by atoms with E-state index >= 15 is 0 Å². The lowest BCUT2D eigenvalue weighted by Crippen LogP contribution is -2.62. The lowest BCUT2D eigenvalue weighted by atomic mass is 9.84. The molecule has 0 unspecified atom stereocenters. The highest BCUT2D eigenvalue weighted by molar-refractivity contribution is 5.92. The van der Waals surface area contributed by atoms with Gasteiger partial charge < -0.3 is 29.5 Å². The van der Waals surface area contributed by atoms with Crippen molar-refractivity contribution in [2.24, 2.45) is 11.8 Å². The molecule has 0 aromatic heterocycles. The summed E-state index contributed by atoms with van der Waals surface area (Å²) >= 11 is 0. The first-order chi connectivity index (χ1) is 18.6. The molecule has 2 aliphatic rings. The topological polar surface area (TPSA) is 196 Å². The average molecular weight is 545 g/mol. The Morgan fingerprint density at radius 1 is 1.23 bits per heavy atom. The lowest BCUT2D eigenvalue weighted by Gasteiger charge is -2.42. The predicted octanol–water partition coefficient (Wildman–Crippen LogP) is 1.36. The number of nitro groups is 1. The van der Waals surface area contributed by atoms with Gasteiger partial charge in [0, 0.05) is 25.1 Å². The second-order valence-electron chi connectivity index (χ2n) is 9.17. The highest BCUT2D eigenvalue weighted by Crippen LogP contribution is 2.49. The van der Waals surface area contributed by atoms with Crippen LogP contribution >= 0.6 is 0 Å². The van der Waals surface area contributed by atoms with E-state index in [2.05, 4.69) is 5.32 Å². The molecule has 4 rings (SSSR count). The number of piperidine rings is 1. The minimum atomic E-state index is -2.60. The van der Waals surface area contributed by atoms with Crippen LogP contribution in [0.15, 0.2) is 54.6 Å². The SMILES string of the molecule is C[C@H](NC(=O)OCc1ccccc1)C(=O)N1CCC([C@@](ON)(Oc2ccccc2[N+](=O)[O-])[C@]2(O)OC2=O)CC1. The Morgan fingerprint density at radius 3 is 2.44 bits per heavy atom. The summed E-state index contributed by atoms with van der Waals surface area (Å²) in [5, 5.41) is 24.8. The quantitative estimate of drug-likeness (QED) is 0.169. The average Bonchev–Trinajstić information content (AvgIpc) is 3.57. The molecule has 3 atom stereocenters. The number of carbonyl (C=O) groups is 3. The molecule has 2 fully saturated rings. The van der Waals surface area contributed by atoms with Crippen LogP contribution in [0.1, 0.15) is 25.3 Å². The summed E-state index contributed by atoms with van der Waals surface area (Å²) < 4.78 is 15.7. The summed E-state index contributed by atoms with van der Waals surface area (Å²) in [5.41, 5.74) is 0.351. The van der Waals surface area contributed by atoms with Gasteiger partial charge in [-0.2, -0.15) is 0 Å². The van der Waals surface area contributed by atoms with Crippen LogP contribution in [0.2, 0.25) is 0 Å². The third-order valence-electron chi connectivity index (χ3n) is 6.71. The van der Waals surface area contributed by atoms with E-state index in [1.807, 2.05) is 18.2 Å². The van der Waals surface area contributed by atoms with Crippen LogP contribution in [0.25, 0.3) is 0 Å². The van der Waals surface area contributed by atoms with E-state index in [4.69, 9.17) is 24.9 Å². The van der Waals surface area contributed by atoms with Gasteiger partial charge in [-0.05, 0) is 31.4 Å². The van der Waals surface area contributed by atoms with Crippen LogP contribution in [0.3, 0.4) is 0 Å². The van der Waals surface area contributed by atoms with Gasteiger partial charge in [-0.3, -0.25) is 14.9 Å². The van der Waals surface area contributed by atoms with Crippen molar-refractivity contribution in [1.29, 1.82) is 0 Å². The molecule has 2 saturated heterocycles. The predicted molar refractivity (Wildman–Crippen MR) is 131 cm³/mol. The van der Waals surface area contributed by atoms with Crippen molar-refractivity contribution in [1.82, 2.24) is 10.2 Å². The fourth-order valence-electron chi connectivity index (χ4n) is 4.57. The van der Waals surface area contributed by atoms with Crippen molar-refractivity contribution in [3.63, 3.8) is 0 Å². The smallest absolute Gasteiger partial charge is 0.408 e. The highest BCUT2D eigenvalue weighted by atomic mass is 16.9. The number of epoxide rings is 1. The maximum Gasteiger partial charge on any atom is 0.408 e. The van der Waals surface area contributed by atoms with Gasteiger partial charge in [0.15, 0.2) is 0 Å². The summed E-state index contributed by atoms with van der Waals surface area (Å²) in [4.78, 5) is 54.5. The van der Waals surface area contributed by atoms with Crippen LogP contribution in [0.4, 0.5) is 10.5 Å². The van der Waals surface area contributed by atoms with Gasteiger partial charge in [-0.15, -0.1) is 0 Å². The number of ether oxygens (including phenoxy) is 3. The molecule has 2 heterocycles. The first-order valence-corrected chi connectivity index (χ1v) is 12.1. The molecule has 0 bridgehead atoms. The number of alkyl carbamates (subject to hydrolysis) is 1. The number of amides is 2. The van der Waals surface area contributed by atoms with Gasteiger partial charge in [0.05, 0.1) is 4.92 Å². The Balaban J connectivity index is 1.40. The van der Waals surface area contributed by atoms with Crippen LogP contribution in [0.5, 0.6) is 5.75 Å². The number of aliphatic hydroxyl groups is 1. The van der Waals surface area contributed by atoms with E-state index in [-0.39, 0.29) is 44.2 Å². The fourth-order valence-corrected chi connectivity index (χ4v) is 4.57. The molecule has 0 spiro atoms. The fraction of sp³-hybridized carbons (Fsp3) is 0.400. The second-order valence-corrected chi connectivity index (χ2v) is 9.17. The van der Waals surface area contributed by atoms with E-state index in [1.165, 1.54) is 36.1 Å². The van der Waals surface area contributed by atoms with E-state index < -0.39 is 46.2 Å². The number of carbonyl (C=O) groups excluding carboxylic acids is 3. The van der Waals surface area contributed by atoms with Gasteiger partial charge in [0.25, 0.3) is 0 Å². The van der Waals surface area contributed by atoms with Crippen LogP contribution in [-0.4, -0.2) is 63.6 Å². The molecule has 2 aromatic rings. The summed E-state index contributed by atoms with van der Waals surface area (Å²) in [6, 6.07) is 13.5. The zero-order chi connectivity index (χ0) is 28.2. The number of nitro benzene ring substituents is 1. The Labute approximate surface area is 222 Å². The summed E-state index contributed by atoms with van der Waals surface area (Å²) in [5.74, 6) is -1.95. The van der Waals surface area contributed by atoms with Crippen LogP contribution in [0, 0.1) is 16.0 Å². The normalized spacial score (nSPS) is 21.2. The third kappa shape index (κ3) is 5.62. The van der Waals surface area contributed by atoms with Gasteiger partial charge in [-0.25, -0.2) is 20.3 Å². The number of benzene rings is 2.